The summed E-state index contributed by atoms with van der Waals surface area (Å²) in [6, 6.07) is 5.30. The van der Waals surface area contributed by atoms with Gasteiger partial charge in [0.15, 0.2) is 0 Å². The number of hydrogen-bond donors (Lipinski definition) is 1. The van der Waals surface area contributed by atoms with Gasteiger partial charge < -0.3 is 10.5 Å². The van der Waals surface area contributed by atoms with Gasteiger partial charge in [-0.2, -0.15) is 0 Å². The number of nitrogen functional groups attached to an aromatic ring is 1. The van der Waals surface area contributed by atoms with Crippen LogP contribution in [0.5, 0.6) is 0 Å². The van der Waals surface area contributed by atoms with Crippen molar-refractivity contribution in [1.82, 2.24) is 0 Å². The first-order valence-electron chi connectivity index (χ1n) is 5.73. The molecule has 0 heterocycles. The predicted molar refractivity (Wildman–Crippen MR) is 74.0 cm³/mol. The van der Waals surface area contributed by atoms with Gasteiger partial charge in [-0.1, -0.05) is 15.9 Å². The summed E-state index contributed by atoms with van der Waals surface area (Å²) in [6.07, 6.45) is 0. The number of anilines is 1. The first-order chi connectivity index (χ1) is 9.86. The molecule has 0 aliphatic rings. The second kappa shape index (κ2) is 6.17. The lowest BCUT2D eigenvalue weighted by Gasteiger charge is -2.07. The average molecular weight is 360 g/mol. The molecule has 0 fully saturated rings. The summed E-state index contributed by atoms with van der Waals surface area (Å²) >= 11 is 3.09. The predicted octanol–water partition coefficient (Wildman–Crippen LogP) is 3.81. The Kier molecular flexibility index (Phi) is 4.52. The fraction of sp³-hybridized carbons (Fsp3) is 0.0714. The van der Waals surface area contributed by atoms with Crippen molar-refractivity contribution in [3.05, 3.63) is 63.4 Å². The smallest absolute Gasteiger partial charge is 0.341 e. The lowest BCUT2D eigenvalue weighted by Crippen LogP contribution is -2.09. The number of esters is 1. The highest BCUT2D eigenvalue weighted by molar-refractivity contribution is 9.10. The van der Waals surface area contributed by atoms with Crippen LogP contribution >= 0.6 is 15.9 Å². The number of nitrogens with two attached hydrogens (primary N) is 1. The molecule has 0 amide bonds. The van der Waals surface area contributed by atoms with Gasteiger partial charge in [-0.25, -0.2) is 18.0 Å². The second-order valence-corrected chi connectivity index (χ2v) is 5.12. The second-order valence-electron chi connectivity index (χ2n) is 4.21. The van der Waals surface area contributed by atoms with E-state index in [4.69, 9.17) is 10.5 Å². The van der Waals surface area contributed by atoms with Crippen molar-refractivity contribution in [2.75, 3.05) is 5.73 Å². The first-order valence-corrected chi connectivity index (χ1v) is 6.52. The third kappa shape index (κ3) is 3.75. The van der Waals surface area contributed by atoms with Crippen molar-refractivity contribution in [2.45, 2.75) is 6.61 Å². The standard InChI is InChI=1S/C14H9BrF3NO2/c15-8-1-7(2-9(16)3-8)6-21-14(20)10-4-12(18)13(19)5-11(10)17/h1-5H,6,19H2. The minimum atomic E-state index is -1.06. The Hall–Kier alpha value is -2.02. The van der Waals surface area contributed by atoms with Gasteiger partial charge in [-0.3, -0.25) is 0 Å². The van der Waals surface area contributed by atoms with Crippen molar-refractivity contribution in [1.29, 1.82) is 0 Å². The molecule has 0 atom stereocenters. The van der Waals surface area contributed by atoms with Gasteiger partial charge in [0, 0.05) is 10.5 Å². The number of ether oxygens (including phenoxy) is 1. The summed E-state index contributed by atoms with van der Waals surface area (Å²) in [5.74, 6) is -3.48. The molecule has 2 N–H and O–H groups in total. The molecule has 0 saturated heterocycles. The maximum atomic E-state index is 13.5. The van der Waals surface area contributed by atoms with E-state index in [1.807, 2.05) is 0 Å². The lowest BCUT2D eigenvalue weighted by molar-refractivity contribution is 0.0466. The Labute approximate surface area is 126 Å². The van der Waals surface area contributed by atoms with E-state index < -0.39 is 34.7 Å². The molecule has 0 aliphatic carbocycles. The van der Waals surface area contributed by atoms with Gasteiger partial charge in [0.05, 0.1) is 11.3 Å². The first kappa shape index (κ1) is 15.4. The zero-order valence-corrected chi connectivity index (χ0v) is 12.1. The molecule has 110 valence electrons. The van der Waals surface area contributed by atoms with Crippen molar-refractivity contribution in [3.63, 3.8) is 0 Å². The van der Waals surface area contributed by atoms with Crippen LogP contribution in [-0.2, 0) is 11.3 Å². The third-order valence-electron chi connectivity index (χ3n) is 2.60. The van der Waals surface area contributed by atoms with E-state index >= 15 is 0 Å². The Balaban J connectivity index is 2.13. The SMILES string of the molecule is Nc1cc(F)c(C(=O)OCc2cc(F)cc(Br)c2)cc1F. The Bertz CT molecular complexity index is 687. The van der Waals surface area contributed by atoms with E-state index in [1.54, 1.807) is 0 Å². The highest BCUT2D eigenvalue weighted by atomic mass is 79.9. The van der Waals surface area contributed by atoms with Gasteiger partial charge in [0.2, 0.25) is 0 Å². The van der Waals surface area contributed by atoms with Crippen LogP contribution in [0.1, 0.15) is 15.9 Å². The van der Waals surface area contributed by atoms with Crippen molar-refractivity contribution < 1.29 is 22.7 Å². The fourth-order valence-electron chi connectivity index (χ4n) is 1.64. The zero-order chi connectivity index (χ0) is 15.6. The zero-order valence-electron chi connectivity index (χ0n) is 10.5. The highest BCUT2D eigenvalue weighted by Crippen LogP contribution is 2.19. The highest BCUT2D eigenvalue weighted by Gasteiger charge is 2.16. The molecule has 2 aromatic rings. The topological polar surface area (TPSA) is 52.3 Å². The summed E-state index contributed by atoms with van der Waals surface area (Å²) in [6.45, 7) is -0.277. The van der Waals surface area contributed by atoms with Gasteiger partial charge in [0.1, 0.15) is 24.1 Å². The van der Waals surface area contributed by atoms with E-state index in [1.165, 1.54) is 12.1 Å². The van der Waals surface area contributed by atoms with Crippen molar-refractivity contribution in [2.24, 2.45) is 0 Å². The quantitative estimate of drug-likeness (QED) is 0.669. The summed E-state index contributed by atoms with van der Waals surface area (Å²) in [5, 5.41) is 0. The molecule has 21 heavy (non-hydrogen) atoms. The monoisotopic (exact) mass is 359 g/mol. The summed E-state index contributed by atoms with van der Waals surface area (Å²) < 4.78 is 45.2. The maximum Gasteiger partial charge on any atom is 0.341 e. The number of rotatable bonds is 3. The molecule has 0 bridgehead atoms. The molecule has 2 aromatic carbocycles. The van der Waals surface area contributed by atoms with E-state index in [2.05, 4.69) is 15.9 Å². The lowest BCUT2D eigenvalue weighted by atomic mass is 10.2. The number of hydrogen-bond acceptors (Lipinski definition) is 3. The number of carbonyl (C=O) groups excluding carboxylic acids is 1. The number of carbonyl (C=O) groups is 1. The molecule has 2 rings (SSSR count). The Morgan fingerprint density at radius 3 is 2.48 bits per heavy atom. The molecule has 0 radical (unpaired) electrons. The normalized spacial score (nSPS) is 10.5. The minimum absolute atomic E-state index is 0.277. The van der Waals surface area contributed by atoms with Gasteiger partial charge in [-0.05, 0) is 29.8 Å². The van der Waals surface area contributed by atoms with Crippen LogP contribution < -0.4 is 5.73 Å². The fourth-order valence-corrected chi connectivity index (χ4v) is 2.15. The van der Waals surface area contributed by atoms with Gasteiger partial charge >= 0.3 is 5.97 Å². The van der Waals surface area contributed by atoms with Crippen LogP contribution in [0.3, 0.4) is 0 Å². The van der Waals surface area contributed by atoms with Crippen LogP contribution in [0, 0.1) is 17.5 Å². The summed E-state index contributed by atoms with van der Waals surface area (Å²) in [5.41, 5.74) is 4.56. The number of benzene rings is 2. The molecule has 0 aliphatic heterocycles. The molecule has 0 unspecified atom stereocenters. The average Bonchev–Trinajstić information content (AvgIpc) is 2.39. The van der Waals surface area contributed by atoms with Crippen LogP contribution in [0.15, 0.2) is 34.8 Å². The van der Waals surface area contributed by atoms with E-state index in [0.717, 1.165) is 6.07 Å². The third-order valence-corrected chi connectivity index (χ3v) is 3.06. The van der Waals surface area contributed by atoms with Crippen molar-refractivity contribution in [3.8, 4) is 0 Å². The molecular formula is C14H9BrF3NO2. The van der Waals surface area contributed by atoms with Crippen LogP contribution in [-0.4, -0.2) is 5.97 Å². The largest absolute Gasteiger partial charge is 0.457 e. The van der Waals surface area contributed by atoms with E-state index in [9.17, 15) is 18.0 Å². The molecule has 7 heteroatoms. The number of halogens is 4. The summed E-state index contributed by atoms with van der Waals surface area (Å²) in [7, 11) is 0. The maximum absolute atomic E-state index is 13.5. The Morgan fingerprint density at radius 2 is 1.81 bits per heavy atom. The van der Waals surface area contributed by atoms with Crippen molar-refractivity contribution >= 4 is 27.6 Å². The summed E-state index contributed by atoms with van der Waals surface area (Å²) in [4.78, 5) is 11.7. The van der Waals surface area contributed by atoms with Crippen LogP contribution in [0.2, 0.25) is 0 Å². The molecule has 0 aromatic heterocycles. The molecule has 0 spiro atoms. The molecular weight excluding hydrogens is 351 g/mol. The van der Waals surface area contributed by atoms with Gasteiger partial charge in [0.25, 0.3) is 0 Å². The van der Waals surface area contributed by atoms with Crippen LogP contribution in [0.25, 0.3) is 0 Å². The molecule has 3 nitrogen and oxygen atoms in total. The van der Waals surface area contributed by atoms with Gasteiger partial charge in [-0.15, -0.1) is 0 Å². The van der Waals surface area contributed by atoms with E-state index in [-0.39, 0.29) is 6.61 Å². The van der Waals surface area contributed by atoms with Crippen LogP contribution in [0.4, 0.5) is 18.9 Å². The molecule has 0 saturated carbocycles. The minimum Gasteiger partial charge on any atom is -0.457 e. The Morgan fingerprint density at radius 1 is 1.10 bits per heavy atom. The van der Waals surface area contributed by atoms with E-state index in [0.29, 0.717) is 22.2 Å².